The van der Waals surface area contributed by atoms with Gasteiger partial charge in [0.05, 0.1) is 16.4 Å². The van der Waals surface area contributed by atoms with E-state index in [1.54, 1.807) is 6.21 Å². The Morgan fingerprint density at radius 2 is 2.00 bits per heavy atom. The van der Waals surface area contributed by atoms with E-state index >= 15 is 0 Å². The number of hydrogen-bond acceptors (Lipinski definition) is 2. The Hall–Kier alpha value is -0.140. The second-order valence-electron chi connectivity index (χ2n) is 2.98. The van der Waals surface area contributed by atoms with Gasteiger partial charge in [0.2, 0.25) is 0 Å². The highest BCUT2D eigenvalue weighted by Gasteiger charge is 2.03. The molecule has 0 unspecified atom stereocenters. The van der Waals surface area contributed by atoms with E-state index in [9.17, 15) is 0 Å². The van der Waals surface area contributed by atoms with Gasteiger partial charge >= 0.3 is 0 Å². The largest absolute Gasteiger partial charge is 0.447 e. The van der Waals surface area contributed by atoms with Gasteiger partial charge in [0.1, 0.15) is 5.76 Å². The summed E-state index contributed by atoms with van der Waals surface area (Å²) in [6.45, 7) is 0. The zero-order valence-corrected chi connectivity index (χ0v) is 13.3. The molecule has 0 fully saturated rings. The third-order valence-electron chi connectivity index (χ3n) is 1.85. The molecule has 1 aromatic carbocycles. The first-order valence-corrected chi connectivity index (χ1v) is 7.07. The van der Waals surface area contributed by atoms with Gasteiger partial charge in [-0.05, 0) is 66.6 Å². The van der Waals surface area contributed by atoms with Crippen molar-refractivity contribution in [2.24, 2.45) is 4.99 Å². The van der Waals surface area contributed by atoms with Crippen LogP contribution in [0.2, 0.25) is 0 Å². The highest BCUT2D eigenvalue weighted by Crippen LogP contribution is 2.26. The van der Waals surface area contributed by atoms with E-state index in [-0.39, 0.29) is 0 Å². The zero-order chi connectivity index (χ0) is 11.5. The summed E-state index contributed by atoms with van der Waals surface area (Å²) in [7, 11) is 0. The first kappa shape index (κ1) is 12.3. The van der Waals surface area contributed by atoms with Crippen molar-refractivity contribution in [2.45, 2.75) is 0 Å². The van der Waals surface area contributed by atoms with E-state index < -0.39 is 0 Å². The first-order valence-electron chi connectivity index (χ1n) is 4.40. The Morgan fingerprint density at radius 1 is 1.25 bits per heavy atom. The third kappa shape index (κ3) is 2.95. The fourth-order valence-electron chi connectivity index (χ4n) is 1.12. The fraction of sp³-hybridized carbons (Fsp3) is 0. The number of aliphatic imine (C=N–C) groups is 1. The summed E-state index contributed by atoms with van der Waals surface area (Å²) in [5.74, 6) is 0.707. The van der Waals surface area contributed by atoms with Crippen LogP contribution in [-0.4, -0.2) is 6.21 Å². The minimum atomic E-state index is 0.678. The molecule has 2 rings (SSSR count). The standard InChI is InChI=1S/C11H6Br2INO/c12-8-5-7(16-11(8)13)6-15-10-4-2-1-3-9(10)14/h1-6H. The summed E-state index contributed by atoms with van der Waals surface area (Å²) in [5.41, 5.74) is 0.937. The van der Waals surface area contributed by atoms with Crippen molar-refractivity contribution >= 4 is 66.4 Å². The van der Waals surface area contributed by atoms with Crippen LogP contribution >= 0.6 is 54.5 Å². The summed E-state index contributed by atoms with van der Waals surface area (Å²) < 4.78 is 8.07. The summed E-state index contributed by atoms with van der Waals surface area (Å²) in [4.78, 5) is 4.36. The van der Waals surface area contributed by atoms with Crippen LogP contribution in [0.25, 0.3) is 0 Å². The fourth-order valence-corrected chi connectivity index (χ4v) is 2.25. The molecule has 0 atom stereocenters. The Balaban J connectivity index is 2.25. The molecule has 1 aromatic heterocycles. The maximum atomic E-state index is 5.39. The number of nitrogens with zero attached hydrogens (tertiary/aromatic N) is 1. The zero-order valence-electron chi connectivity index (χ0n) is 7.95. The van der Waals surface area contributed by atoms with Crippen molar-refractivity contribution in [3.63, 3.8) is 0 Å². The number of para-hydroxylation sites is 1. The molecule has 0 saturated carbocycles. The van der Waals surface area contributed by atoms with Crippen molar-refractivity contribution in [2.75, 3.05) is 0 Å². The maximum Gasteiger partial charge on any atom is 0.184 e. The molecule has 2 nitrogen and oxygen atoms in total. The van der Waals surface area contributed by atoms with Crippen LogP contribution in [0.3, 0.4) is 0 Å². The van der Waals surface area contributed by atoms with Gasteiger partial charge in [0.25, 0.3) is 0 Å². The lowest BCUT2D eigenvalue weighted by Gasteiger charge is -1.95. The molecule has 0 aliphatic carbocycles. The first-order chi connectivity index (χ1) is 7.66. The van der Waals surface area contributed by atoms with Gasteiger partial charge in [0.15, 0.2) is 4.67 Å². The molecular formula is C11H6Br2INO. The van der Waals surface area contributed by atoms with E-state index in [0.29, 0.717) is 10.4 Å². The molecule has 82 valence electrons. The van der Waals surface area contributed by atoms with E-state index in [4.69, 9.17) is 4.42 Å². The van der Waals surface area contributed by atoms with Crippen LogP contribution in [0.4, 0.5) is 5.69 Å². The molecule has 0 radical (unpaired) electrons. The van der Waals surface area contributed by atoms with E-state index in [1.165, 1.54) is 0 Å². The average molecular weight is 455 g/mol. The molecule has 2 aromatic rings. The van der Waals surface area contributed by atoms with Gasteiger partial charge in [0, 0.05) is 9.64 Å². The van der Waals surface area contributed by atoms with Gasteiger partial charge in [-0.15, -0.1) is 0 Å². The highest BCUT2D eigenvalue weighted by atomic mass is 127. The predicted molar refractivity (Wildman–Crippen MR) is 80.5 cm³/mol. The van der Waals surface area contributed by atoms with Crippen molar-refractivity contribution in [1.29, 1.82) is 0 Å². The Morgan fingerprint density at radius 3 is 2.62 bits per heavy atom. The van der Waals surface area contributed by atoms with Gasteiger partial charge in [-0.3, -0.25) is 4.99 Å². The minimum absolute atomic E-state index is 0.678. The number of benzene rings is 1. The Kier molecular flexibility index (Phi) is 4.21. The SMILES string of the molecule is Brc1cc(C=Nc2ccccc2I)oc1Br. The molecule has 0 amide bonds. The molecular weight excluding hydrogens is 449 g/mol. The summed E-state index contributed by atoms with van der Waals surface area (Å²) in [5, 5.41) is 0. The van der Waals surface area contributed by atoms with E-state index in [0.717, 1.165) is 13.7 Å². The van der Waals surface area contributed by atoms with Crippen LogP contribution in [0.15, 0.2) is 48.9 Å². The number of halogens is 3. The molecule has 5 heteroatoms. The lowest BCUT2D eigenvalue weighted by Crippen LogP contribution is -1.76. The molecule has 1 heterocycles. The van der Waals surface area contributed by atoms with Crippen LogP contribution < -0.4 is 0 Å². The summed E-state index contributed by atoms with van der Waals surface area (Å²) >= 11 is 8.89. The van der Waals surface area contributed by atoms with Gasteiger partial charge in [-0.1, -0.05) is 12.1 Å². The van der Waals surface area contributed by atoms with Gasteiger partial charge in [-0.2, -0.15) is 0 Å². The lowest BCUT2D eigenvalue weighted by atomic mass is 10.3. The number of hydrogen-bond donors (Lipinski definition) is 0. The normalized spacial score (nSPS) is 11.2. The summed E-state index contributed by atoms with van der Waals surface area (Å²) in [6.07, 6.45) is 1.70. The second-order valence-corrected chi connectivity index (χ2v) is 5.72. The van der Waals surface area contributed by atoms with Crippen LogP contribution in [0, 0.1) is 3.57 Å². The molecule has 0 aliphatic rings. The number of furan rings is 1. The average Bonchev–Trinajstić information content (AvgIpc) is 2.57. The monoisotopic (exact) mass is 453 g/mol. The Bertz CT molecular complexity index is 517. The van der Waals surface area contributed by atoms with E-state index in [1.807, 2.05) is 30.3 Å². The molecule has 0 saturated heterocycles. The second kappa shape index (κ2) is 5.46. The summed E-state index contributed by atoms with van der Waals surface area (Å²) in [6, 6.07) is 9.79. The highest BCUT2D eigenvalue weighted by molar-refractivity contribution is 14.1. The maximum absolute atomic E-state index is 5.39. The Labute approximate surface area is 124 Å². The third-order valence-corrected chi connectivity index (χ3v) is 4.47. The lowest BCUT2D eigenvalue weighted by molar-refractivity contribution is 0.533. The van der Waals surface area contributed by atoms with Crippen LogP contribution in [0.1, 0.15) is 5.76 Å². The number of rotatable bonds is 2. The van der Waals surface area contributed by atoms with E-state index in [2.05, 4.69) is 59.4 Å². The molecule has 0 aliphatic heterocycles. The minimum Gasteiger partial charge on any atom is -0.447 e. The van der Waals surface area contributed by atoms with Crippen molar-refractivity contribution in [1.82, 2.24) is 0 Å². The quantitative estimate of drug-likeness (QED) is 0.454. The van der Waals surface area contributed by atoms with Crippen molar-refractivity contribution in [3.8, 4) is 0 Å². The van der Waals surface area contributed by atoms with Crippen molar-refractivity contribution < 1.29 is 4.42 Å². The van der Waals surface area contributed by atoms with Gasteiger partial charge < -0.3 is 4.42 Å². The predicted octanol–water partition coefficient (Wildman–Crippen LogP) is 5.16. The van der Waals surface area contributed by atoms with Gasteiger partial charge in [-0.25, -0.2) is 0 Å². The molecule has 16 heavy (non-hydrogen) atoms. The molecule has 0 spiro atoms. The smallest absolute Gasteiger partial charge is 0.184 e. The van der Waals surface area contributed by atoms with Crippen LogP contribution in [0.5, 0.6) is 0 Å². The van der Waals surface area contributed by atoms with Crippen molar-refractivity contribution in [3.05, 3.63) is 48.8 Å². The van der Waals surface area contributed by atoms with Crippen LogP contribution in [-0.2, 0) is 0 Å². The molecule has 0 bridgehead atoms. The molecule has 0 N–H and O–H groups in total. The topological polar surface area (TPSA) is 25.5 Å².